The van der Waals surface area contributed by atoms with Crippen molar-refractivity contribution in [1.29, 1.82) is 0 Å². The predicted octanol–water partition coefficient (Wildman–Crippen LogP) is 9.20. The second kappa shape index (κ2) is 19.5. The number of anilines is 3. The molecular formula is C33H51N9S3. The van der Waals surface area contributed by atoms with E-state index in [1.165, 1.54) is 0 Å². The number of nitrogens with zero attached hydrogens (tertiary/aromatic N) is 6. The highest BCUT2D eigenvalue weighted by Gasteiger charge is 2.12. The van der Waals surface area contributed by atoms with Crippen LogP contribution in [-0.4, -0.2) is 29.3 Å². The van der Waals surface area contributed by atoms with E-state index >= 15 is 0 Å². The molecule has 6 aromatic heterocycles. The fraction of sp³-hybridized carbons (Fsp3) is 0.364. The molecule has 0 fully saturated rings. The van der Waals surface area contributed by atoms with Gasteiger partial charge >= 0.3 is 0 Å². The summed E-state index contributed by atoms with van der Waals surface area (Å²) in [6.07, 6.45) is 5.56. The number of thiophene rings is 3. The van der Waals surface area contributed by atoms with E-state index in [2.05, 4.69) is 20.7 Å². The van der Waals surface area contributed by atoms with E-state index in [4.69, 9.17) is 17.2 Å². The van der Waals surface area contributed by atoms with Crippen molar-refractivity contribution in [3.05, 3.63) is 68.9 Å². The normalized spacial score (nSPS) is 9.60. The molecule has 0 atom stereocenters. The summed E-state index contributed by atoms with van der Waals surface area (Å²) in [5, 5.41) is 21.4. The van der Waals surface area contributed by atoms with Crippen LogP contribution in [0.5, 0.6) is 0 Å². The summed E-state index contributed by atoms with van der Waals surface area (Å²) in [5.41, 5.74) is 28.2. The van der Waals surface area contributed by atoms with Crippen LogP contribution >= 0.6 is 34.0 Å². The molecule has 0 saturated carbocycles. The fourth-order valence-corrected chi connectivity index (χ4v) is 6.60. The van der Waals surface area contributed by atoms with Crippen molar-refractivity contribution in [2.45, 2.75) is 62.3 Å². The van der Waals surface area contributed by atoms with Crippen molar-refractivity contribution >= 4 is 50.4 Å². The molecule has 0 amide bonds. The largest absolute Gasteiger partial charge is 0.398 e. The standard InChI is InChI=1S/3C9H11N3S.3C2H6/c1-6-3-11-12(2)9(6)7-4-13-5-8(7)10;1-6-5-11-12(2)8(6)9-7(10)3-4-13-9;1-6-5-11-12(2)8(6)7-3-4-13-9(7)10;3*1-2/h3*3-5H,10H2,1-2H3;3*1-2H3. The van der Waals surface area contributed by atoms with Gasteiger partial charge in [-0.05, 0) is 60.4 Å². The molecule has 0 aliphatic rings. The summed E-state index contributed by atoms with van der Waals surface area (Å²) in [6.45, 7) is 18.1. The van der Waals surface area contributed by atoms with E-state index in [9.17, 15) is 0 Å². The lowest BCUT2D eigenvalue weighted by Crippen LogP contribution is -1.95. The number of rotatable bonds is 3. The third kappa shape index (κ3) is 9.81. The molecule has 0 aliphatic heterocycles. The Morgan fingerprint density at radius 2 is 1.00 bits per heavy atom. The summed E-state index contributed by atoms with van der Waals surface area (Å²) in [5.74, 6) is 0. The van der Waals surface area contributed by atoms with Crippen LogP contribution in [0.2, 0.25) is 0 Å². The Balaban J connectivity index is 0.000000311. The van der Waals surface area contributed by atoms with Gasteiger partial charge in [-0.1, -0.05) is 41.5 Å². The molecule has 0 bridgehead atoms. The maximum Gasteiger partial charge on any atom is 0.0951 e. The maximum absolute atomic E-state index is 5.85. The van der Waals surface area contributed by atoms with E-state index < -0.39 is 0 Å². The summed E-state index contributed by atoms with van der Waals surface area (Å²) in [7, 11) is 5.79. The van der Waals surface area contributed by atoms with Gasteiger partial charge in [-0.25, -0.2) is 0 Å². The SMILES string of the molecule is CC.CC.CC.Cc1cnn(C)c1-c1ccsc1N.Cc1cnn(C)c1-c1cscc1N.Cc1cnn(C)c1-c1sccc1N. The first-order valence-corrected chi connectivity index (χ1v) is 17.7. The van der Waals surface area contributed by atoms with Gasteiger partial charge in [-0.3, -0.25) is 14.0 Å². The van der Waals surface area contributed by atoms with Crippen LogP contribution in [0, 0.1) is 20.8 Å². The molecule has 0 aliphatic carbocycles. The highest BCUT2D eigenvalue weighted by Crippen LogP contribution is 2.34. The van der Waals surface area contributed by atoms with Crippen LogP contribution in [0.25, 0.3) is 33.1 Å². The number of aryl methyl sites for hydroxylation is 6. The van der Waals surface area contributed by atoms with Gasteiger partial charge in [0.2, 0.25) is 0 Å². The Morgan fingerprint density at radius 1 is 0.556 bits per heavy atom. The summed E-state index contributed by atoms with van der Waals surface area (Å²) in [4.78, 5) is 1.11. The lowest BCUT2D eigenvalue weighted by Gasteiger charge is -2.02. The predicted molar refractivity (Wildman–Crippen MR) is 201 cm³/mol. The first-order chi connectivity index (χ1) is 21.6. The third-order valence-electron chi connectivity index (χ3n) is 6.17. The zero-order valence-corrected chi connectivity index (χ0v) is 31.3. The van der Waals surface area contributed by atoms with Gasteiger partial charge < -0.3 is 17.2 Å². The molecule has 0 spiro atoms. The van der Waals surface area contributed by atoms with Crippen molar-refractivity contribution < 1.29 is 0 Å². The van der Waals surface area contributed by atoms with Gasteiger partial charge in [-0.2, -0.15) is 15.3 Å². The van der Waals surface area contributed by atoms with E-state index in [0.29, 0.717) is 0 Å². The number of nitrogens with two attached hydrogens (primary N) is 3. The van der Waals surface area contributed by atoms with Crippen molar-refractivity contribution in [3.63, 3.8) is 0 Å². The lowest BCUT2D eigenvalue weighted by atomic mass is 10.1. The molecule has 246 valence electrons. The third-order valence-corrected chi connectivity index (χ3v) is 8.62. The minimum absolute atomic E-state index is 0.830. The molecule has 45 heavy (non-hydrogen) atoms. The minimum Gasteiger partial charge on any atom is -0.398 e. The van der Waals surface area contributed by atoms with Crippen LogP contribution in [0.1, 0.15) is 58.2 Å². The van der Waals surface area contributed by atoms with Gasteiger partial charge in [0.1, 0.15) is 0 Å². The molecule has 0 radical (unpaired) electrons. The Morgan fingerprint density at radius 3 is 1.33 bits per heavy atom. The number of aromatic nitrogens is 6. The molecule has 9 nitrogen and oxygen atoms in total. The average Bonchev–Trinajstić information content (AvgIpc) is 3.91. The monoisotopic (exact) mass is 669 g/mol. The molecular weight excluding hydrogens is 619 g/mol. The molecule has 12 heteroatoms. The molecule has 6 heterocycles. The summed E-state index contributed by atoms with van der Waals surface area (Å²) < 4.78 is 5.57. The van der Waals surface area contributed by atoms with Crippen LogP contribution in [0.4, 0.5) is 16.4 Å². The van der Waals surface area contributed by atoms with Crippen LogP contribution in [0.3, 0.4) is 0 Å². The number of hydrogen-bond donors (Lipinski definition) is 3. The topological polar surface area (TPSA) is 132 Å². The van der Waals surface area contributed by atoms with Crippen molar-refractivity contribution in [1.82, 2.24) is 29.3 Å². The summed E-state index contributed by atoms with van der Waals surface area (Å²) in [6, 6.07) is 3.95. The second-order valence-corrected chi connectivity index (χ2v) is 11.7. The zero-order valence-electron chi connectivity index (χ0n) is 28.8. The highest BCUT2D eigenvalue weighted by atomic mass is 32.1. The van der Waals surface area contributed by atoms with Gasteiger partial charge in [0, 0.05) is 43.0 Å². The molecule has 0 unspecified atom stereocenters. The van der Waals surface area contributed by atoms with Gasteiger partial charge in [-0.15, -0.1) is 34.0 Å². The molecule has 0 saturated heterocycles. The zero-order chi connectivity index (χ0) is 34.3. The van der Waals surface area contributed by atoms with Crippen LogP contribution in [-0.2, 0) is 21.1 Å². The van der Waals surface area contributed by atoms with Crippen molar-refractivity contribution in [3.8, 4) is 33.1 Å². The first kappa shape index (κ1) is 39.2. The lowest BCUT2D eigenvalue weighted by molar-refractivity contribution is 0.776. The van der Waals surface area contributed by atoms with E-state index in [0.717, 1.165) is 66.2 Å². The van der Waals surface area contributed by atoms with E-state index in [-0.39, 0.29) is 0 Å². The Bertz CT molecular complexity index is 1420. The smallest absolute Gasteiger partial charge is 0.0951 e. The quantitative estimate of drug-likeness (QED) is 0.172. The fourth-order valence-electron chi connectivity index (χ4n) is 4.27. The van der Waals surface area contributed by atoms with Gasteiger partial charge in [0.15, 0.2) is 0 Å². The van der Waals surface area contributed by atoms with Crippen LogP contribution in [0.15, 0.2) is 52.2 Å². The molecule has 6 N–H and O–H groups in total. The number of nitrogen functional groups attached to an aromatic ring is 3. The molecule has 6 aromatic rings. The van der Waals surface area contributed by atoms with Crippen LogP contribution < -0.4 is 17.2 Å². The van der Waals surface area contributed by atoms with Gasteiger partial charge in [0.25, 0.3) is 0 Å². The number of hydrogen-bond acceptors (Lipinski definition) is 9. The van der Waals surface area contributed by atoms with Gasteiger partial charge in [0.05, 0.1) is 56.9 Å². The first-order valence-electron chi connectivity index (χ1n) is 15.0. The Kier molecular flexibility index (Phi) is 17.0. The summed E-state index contributed by atoms with van der Waals surface area (Å²) >= 11 is 4.82. The van der Waals surface area contributed by atoms with Crippen molar-refractivity contribution in [2.75, 3.05) is 17.2 Å². The maximum atomic E-state index is 5.85. The Hall–Kier alpha value is -3.87. The van der Waals surface area contributed by atoms with E-state index in [1.807, 2.05) is 144 Å². The van der Waals surface area contributed by atoms with E-state index in [1.54, 1.807) is 34.0 Å². The second-order valence-electron chi connectivity index (χ2n) is 9.04. The minimum atomic E-state index is 0.830. The highest BCUT2D eigenvalue weighted by molar-refractivity contribution is 7.14. The molecule has 6 rings (SSSR count). The average molecular weight is 670 g/mol. The molecule has 0 aromatic carbocycles. The van der Waals surface area contributed by atoms with Crippen molar-refractivity contribution in [2.24, 2.45) is 21.1 Å². The Labute approximate surface area is 281 Å².